The highest BCUT2D eigenvalue weighted by atomic mass is 32.2. The molecule has 0 aliphatic carbocycles. The largest absolute Gasteiger partial charge is 0.325 e. The number of amides is 1. The quantitative estimate of drug-likeness (QED) is 0.263. The monoisotopic (exact) mass is 429 g/mol. The first-order valence-electron chi connectivity index (χ1n) is 9.55. The zero-order valence-corrected chi connectivity index (χ0v) is 17.5. The van der Waals surface area contributed by atoms with E-state index in [0.29, 0.717) is 27.4 Å². The Balaban J connectivity index is 1.37. The molecule has 0 spiro atoms. The van der Waals surface area contributed by atoms with Crippen LogP contribution in [0.15, 0.2) is 99.0 Å². The zero-order valence-electron chi connectivity index (χ0n) is 16.7. The van der Waals surface area contributed by atoms with Crippen molar-refractivity contribution in [3.05, 3.63) is 89.2 Å². The van der Waals surface area contributed by atoms with E-state index >= 15 is 0 Å². The Morgan fingerprint density at radius 3 is 2.32 bits per heavy atom. The fourth-order valence-corrected chi connectivity index (χ4v) is 3.65. The third kappa shape index (κ3) is 5.04. The molecular formula is C23H19N5O2S. The molecule has 0 fully saturated rings. The fourth-order valence-electron chi connectivity index (χ4n) is 2.88. The molecule has 3 aromatic carbocycles. The molecule has 4 rings (SSSR count). The summed E-state index contributed by atoms with van der Waals surface area (Å²) in [6.07, 6.45) is 0. The maximum atomic E-state index is 12.5. The summed E-state index contributed by atoms with van der Waals surface area (Å²) in [6, 6.07) is 23.7. The van der Waals surface area contributed by atoms with E-state index in [2.05, 4.69) is 20.5 Å². The van der Waals surface area contributed by atoms with Gasteiger partial charge in [0.1, 0.15) is 0 Å². The van der Waals surface area contributed by atoms with Gasteiger partial charge in [0.15, 0.2) is 5.16 Å². The second-order valence-corrected chi connectivity index (χ2v) is 7.64. The van der Waals surface area contributed by atoms with Crippen LogP contribution >= 0.6 is 11.8 Å². The molecule has 1 N–H and O–H groups in total. The number of carbonyl (C=O) groups is 1. The predicted molar refractivity (Wildman–Crippen MR) is 123 cm³/mol. The first-order valence-corrected chi connectivity index (χ1v) is 10.5. The second kappa shape index (κ2) is 9.36. The number of aromatic nitrogens is 2. The van der Waals surface area contributed by atoms with Gasteiger partial charge in [-0.25, -0.2) is 4.98 Å². The number of thioether (sulfide) groups is 1. The first kappa shape index (κ1) is 20.5. The normalized spacial score (nSPS) is 11.1. The van der Waals surface area contributed by atoms with E-state index in [1.807, 2.05) is 36.4 Å². The summed E-state index contributed by atoms with van der Waals surface area (Å²) in [7, 11) is 1.66. The van der Waals surface area contributed by atoms with Gasteiger partial charge in [0, 0.05) is 12.7 Å². The van der Waals surface area contributed by atoms with Crippen molar-refractivity contribution in [2.75, 3.05) is 11.1 Å². The molecule has 1 aromatic heterocycles. The van der Waals surface area contributed by atoms with E-state index in [0.717, 1.165) is 5.69 Å². The van der Waals surface area contributed by atoms with Crippen molar-refractivity contribution in [2.24, 2.45) is 17.3 Å². The van der Waals surface area contributed by atoms with Crippen LogP contribution in [-0.4, -0.2) is 21.2 Å². The molecule has 1 heterocycles. The fraction of sp³-hybridized carbons (Fsp3) is 0.0870. The van der Waals surface area contributed by atoms with Crippen LogP contribution < -0.4 is 10.9 Å². The Labute approximate surface area is 182 Å². The van der Waals surface area contributed by atoms with E-state index in [1.54, 1.807) is 49.5 Å². The maximum Gasteiger partial charge on any atom is 0.261 e. The number of hydrogen-bond acceptors (Lipinski definition) is 6. The molecule has 0 aliphatic heterocycles. The lowest BCUT2D eigenvalue weighted by Crippen LogP contribution is -2.21. The van der Waals surface area contributed by atoms with Crippen molar-refractivity contribution in [3.63, 3.8) is 0 Å². The number of anilines is 1. The van der Waals surface area contributed by atoms with Crippen LogP contribution in [0.4, 0.5) is 17.1 Å². The summed E-state index contributed by atoms with van der Waals surface area (Å²) in [4.78, 5) is 29.3. The summed E-state index contributed by atoms with van der Waals surface area (Å²) < 4.78 is 1.47. The summed E-state index contributed by atoms with van der Waals surface area (Å²) >= 11 is 1.22. The summed E-state index contributed by atoms with van der Waals surface area (Å²) in [5, 5.41) is 12.2. The first-order chi connectivity index (χ1) is 15.1. The van der Waals surface area contributed by atoms with Gasteiger partial charge in [-0.15, -0.1) is 0 Å². The molecule has 0 aliphatic rings. The van der Waals surface area contributed by atoms with Crippen molar-refractivity contribution in [1.82, 2.24) is 9.55 Å². The van der Waals surface area contributed by atoms with Crippen molar-refractivity contribution in [1.29, 1.82) is 0 Å². The number of carbonyl (C=O) groups excluding carboxylic acids is 1. The highest BCUT2D eigenvalue weighted by Gasteiger charge is 2.11. The van der Waals surface area contributed by atoms with Crippen molar-refractivity contribution in [3.8, 4) is 0 Å². The van der Waals surface area contributed by atoms with Crippen molar-refractivity contribution < 1.29 is 4.79 Å². The summed E-state index contributed by atoms with van der Waals surface area (Å²) in [5.74, 6) is -0.0558. The summed E-state index contributed by atoms with van der Waals surface area (Å²) in [6.45, 7) is 0. The molecule has 0 unspecified atom stereocenters. The predicted octanol–water partition coefficient (Wildman–Crippen LogP) is 5.08. The van der Waals surface area contributed by atoms with Gasteiger partial charge in [-0.1, -0.05) is 42.1 Å². The topological polar surface area (TPSA) is 88.7 Å². The smallest absolute Gasteiger partial charge is 0.261 e. The van der Waals surface area contributed by atoms with Crippen molar-refractivity contribution >= 4 is 45.6 Å². The molecule has 31 heavy (non-hydrogen) atoms. The number of azo groups is 1. The minimum absolute atomic E-state index is 0.131. The number of para-hydroxylation sites is 1. The Morgan fingerprint density at radius 1 is 0.935 bits per heavy atom. The average molecular weight is 430 g/mol. The van der Waals surface area contributed by atoms with Gasteiger partial charge < -0.3 is 5.32 Å². The highest BCUT2D eigenvalue weighted by molar-refractivity contribution is 7.99. The van der Waals surface area contributed by atoms with Gasteiger partial charge in [-0.05, 0) is 48.5 Å². The lowest BCUT2D eigenvalue weighted by Gasteiger charge is -2.09. The Kier molecular flexibility index (Phi) is 6.18. The number of hydrogen-bond donors (Lipinski definition) is 1. The van der Waals surface area contributed by atoms with Gasteiger partial charge >= 0.3 is 0 Å². The van der Waals surface area contributed by atoms with Crippen LogP contribution in [0.1, 0.15) is 0 Å². The number of fused-ring (bicyclic) bond motifs is 1. The number of rotatable bonds is 6. The molecular weight excluding hydrogens is 410 g/mol. The molecule has 0 bridgehead atoms. The van der Waals surface area contributed by atoms with Crippen molar-refractivity contribution in [2.45, 2.75) is 5.16 Å². The van der Waals surface area contributed by atoms with Crippen LogP contribution in [0.25, 0.3) is 10.9 Å². The summed E-state index contributed by atoms with van der Waals surface area (Å²) in [5.41, 5.74) is 2.60. The van der Waals surface area contributed by atoms with Crippen LogP contribution in [0.5, 0.6) is 0 Å². The van der Waals surface area contributed by atoms with E-state index in [9.17, 15) is 9.59 Å². The van der Waals surface area contributed by atoms with Crippen LogP contribution in [0, 0.1) is 0 Å². The Bertz CT molecular complexity index is 1300. The molecule has 0 atom stereocenters. The van der Waals surface area contributed by atoms with Gasteiger partial charge in [0.25, 0.3) is 5.56 Å². The lowest BCUT2D eigenvalue weighted by molar-refractivity contribution is -0.113. The number of nitrogens with zero attached hydrogens (tertiary/aromatic N) is 4. The third-order valence-electron chi connectivity index (χ3n) is 4.46. The van der Waals surface area contributed by atoms with Crippen LogP contribution in [-0.2, 0) is 11.8 Å². The van der Waals surface area contributed by atoms with Gasteiger partial charge in [0.2, 0.25) is 5.91 Å². The maximum absolute atomic E-state index is 12.5. The SMILES string of the molecule is Cn1c(SCC(=O)Nc2ccc(N=Nc3ccccc3)cc2)nc2ccccc2c1=O. The number of nitrogens with one attached hydrogen (secondary N) is 1. The Morgan fingerprint density at radius 2 is 1.58 bits per heavy atom. The molecule has 4 aromatic rings. The van der Waals surface area contributed by atoms with Gasteiger partial charge in [-0.2, -0.15) is 10.2 Å². The van der Waals surface area contributed by atoms with E-state index in [4.69, 9.17) is 0 Å². The average Bonchev–Trinajstić information content (AvgIpc) is 2.81. The molecule has 154 valence electrons. The number of benzene rings is 3. The third-order valence-corrected chi connectivity index (χ3v) is 5.49. The zero-order chi connectivity index (χ0) is 21.6. The molecule has 8 heteroatoms. The molecule has 7 nitrogen and oxygen atoms in total. The van der Waals surface area contributed by atoms with Gasteiger partial charge in [-0.3, -0.25) is 14.2 Å². The van der Waals surface area contributed by atoms with E-state index < -0.39 is 0 Å². The Hall–Kier alpha value is -3.78. The molecule has 0 radical (unpaired) electrons. The van der Waals surface area contributed by atoms with Crippen LogP contribution in [0.3, 0.4) is 0 Å². The van der Waals surface area contributed by atoms with Crippen LogP contribution in [0.2, 0.25) is 0 Å². The molecule has 0 saturated heterocycles. The lowest BCUT2D eigenvalue weighted by atomic mass is 10.2. The minimum Gasteiger partial charge on any atom is -0.325 e. The molecule has 1 amide bonds. The minimum atomic E-state index is -0.189. The standard InChI is InChI=1S/C23H19N5O2S/c1-28-22(30)19-9-5-6-10-20(19)25-23(28)31-15-21(29)24-16-11-13-18(14-12-16)27-26-17-7-3-2-4-8-17/h2-14H,15H2,1H3,(H,24,29). The highest BCUT2D eigenvalue weighted by Crippen LogP contribution is 2.21. The van der Waals surface area contributed by atoms with Gasteiger partial charge in [0.05, 0.1) is 28.0 Å². The van der Waals surface area contributed by atoms with E-state index in [1.165, 1.54) is 16.3 Å². The molecule has 0 saturated carbocycles. The van der Waals surface area contributed by atoms with E-state index in [-0.39, 0.29) is 17.2 Å². The second-order valence-electron chi connectivity index (χ2n) is 6.69.